The van der Waals surface area contributed by atoms with Crippen molar-refractivity contribution >= 4 is 35.3 Å². The molecule has 1 aromatic carbocycles. The monoisotopic (exact) mass is 407 g/mol. The van der Waals surface area contributed by atoms with Crippen LogP contribution < -0.4 is 15.9 Å². The first-order valence-electron chi connectivity index (χ1n) is 8.14. The van der Waals surface area contributed by atoms with Crippen molar-refractivity contribution in [3.05, 3.63) is 29.0 Å². The maximum Gasteiger partial charge on any atom is 0.221 e. The molecule has 2 aliphatic rings. The Kier molecular flexibility index (Phi) is 4.86. The van der Waals surface area contributed by atoms with Gasteiger partial charge in [0.05, 0.1) is 31.2 Å². The lowest BCUT2D eigenvalue weighted by Crippen LogP contribution is -2.39. The van der Waals surface area contributed by atoms with Gasteiger partial charge in [-0.1, -0.05) is 6.07 Å². The van der Waals surface area contributed by atoms with Crippen molar-refractivity contribution in [1.82, 2.24) is 25.2 Å². The molecule has 3 atom stereocenters. The first-order valence-corrected chi connectivity index (χ1v) is 8.96. The molecule has 2 fully saturated rings. The second kappa shape index (κ2) is 7.31. The number of fused-ring (bicyclic) bond motifs is 2. The maximum atomic E-state index is 5.87. The number of nitrogens with one attached hydrogen (secondary N) is 1. The van der Waals surface area contributed by atoms with Crippen molar-refractivity contribution in [2.75, 3.05) is 13.7 Å². The van der Waals surface area contributed by atoms with Gasteiger partial charge in [0.25, 0.3) is 0 Å². The van der Waals surface area contributed by atoms with Crippen molar-refractivity contribution in [2.24, 2.45) is 10.8 Å². The van der Waals surface area contributed by atoms with Crippen LogP contribution in [0.5, 0.6) is 5.75 Å². The largest absolute Gasteiger partial charge is 0.497 e. The Hall–Kier alpha value is -2.41. The first-order chi connectivity index (χ1) is 13.1. The molecule has 3 heterocycles. The number of hydrogen-bond acceptors (Lipinski definition) is 8. The van der Waals surface area contributed by atoms with Crippen molar-refractivity contribution in [3.63, 3.8) is 0 Å². The van der Waals surface area contributed by atoms with Gasteiger partial charge in [-0.3, -0.25) is 5.43 Å². The number of thiocarbonyl (C=S) groups is 1. The van der Waals surface area contributed by atoms with Crippen LogP contribution in [0.25, 0.3) is 5.69 Å². The summed E-state index contributed by atoms with van der Waals surface area (Å²) in [5.74, 6) is 0.704. The Morgan fingerprint density at radius 1 is 1.44 bits per heavy atom. The Morgan fingerprint density at radius 2 is 2.30 bits per heavy atom. The normalized spacial score (nSPS) is 25.5. The zero-order valence-corrected chi connectivity index (χ0v) is 15.9. The van der Waals surface area contributed by atoms with E-state index in [0.717, 1.165) is 5.69 Å². The van der Waals surface area contributed by atoms with Crippen LogP contribution in [0.2, 0.25) is 0 Å². The highest BCUT2D eigenvalue weighted by Crippen LogP contribution is 2.33. The van der Waals surface area contributed by atoms with Crippen LogP contribution in [0.3, 0.4) is 0 Å². The first kappa shape index (κ1) is 18.0. The molecular weight excluding hydrogens is 390 g/mol. The number of rotatable bonds is 4. The SMILES string of the molecule is COc1cccc(-n2nnn([C@@H]3C/C(=N/NC(N)=S)[C@H]4OC[C@@H]3O4)c2=S)c1. The minimum Gasteiger partial charge on any atom is -0.497 e. The number of nitrogens with zero attached hydrogens (tertiary/aromatic N) is 5. The van der Waals surface area contributed by atoms with Crippen LogP contribution in [0.15, 0.2) is 29.4 Å². The van der Waals surface area contributed by atoms with Crippen molar-refractivity contribution in [1.29, 1.82) is 0 Å². The third kappa shape index (κ3) is 3.43. The summed E-state index contributed by atoms with van der Waals surface area (Å²) in [5, 5.41) is 12.7. The Labute approximate surface area is 164 Å². The average molecular weight is 407 g/mol. The molecule has 0 saturated carbocycles. The highest BCUT2D eigenvalue weighted by molar-refractivity contribution is 7.80. The fraction of sp³-hybridized carbons (Fsp3) is 0.400. The number of hydrogen-bond donors (Lipinski definition) is 2. The van der Waals surface area contributed by atoms with Crippen molar-refractivity contribution < 1.29 is 14.2 Å². The number of tetrazole rings is 1. The summed E-state index contributed by atoms with van der Waals surface area (Å²) in [6, 6.07) is 7.21. The molecule has 2 aliphatic heterocycles. The summed E-state index contributed by atoms with van der Waals surface area (Å²) in [4.78, 5) is 0. The lowest BCUT2D eigenvalue weighted by atomic mass is 10.0. The fourth-order valence-corrected chi connectivity index (χ4v) is 3.44. The van der Waals surface area contributed by atoms with E-state index in [9.17, 15) is 0 Å². The van der Waals surface area contributed by atoms with Gasteiger partial charge in [-0.25, -0.2) is 4.68 Å². The lowest BCUT2D eigenvalue weighted by Gasteiger charge is -2.27. The number of nitrogens with two attached hydrogens (primary N) is 1. The van der Waals surface area contributed by atoms with Crippen molar-refractivity contribution in [2.45, 2.75) is 24.9 Å². The number of hydrazone groups is 1. The summed E-state index contributed by atoms with van der Waals surface area (Å²) in [6.45, 7) is 0.412. The lowest BCUT2D eigenvalue weighted by molar-refractivity contribution is -0.0324. The standard InChI is InChI=1S/C15H17N7O3S2/c1-23-9-4-2-3-8(5-9)21-15(27)22(20-19-21)11-6-10(17-18-14(16)26)13-24-7-12(11)25-13/h2-5,11-13H,6-7H2,1H3,(H3,16,18,26)/b17-10-/t11-,12+,13+/m1/s1. The van der Waals surface area contributed by atoms with Crippen molar-refractivity contribution in [3.8, 4) is 11.4 Å². The Bertz CT molecular complexity index is 957. The molecule has 0 aliphatic carbocycles. The van der Waals surface area contributed by atoms with Gasteiger partial charge in [0.2, 0.25) is 4.77 Å². The van der Waals surface area contributed by atoms with E-state index >= 15 is 0 Å². The molecule has 10 nitrogen and oxygen atoms in total. The second-order valence-corrected chi connectivity index (χ2v) is 6.81. The molecule has 1 aromatic heterocycles. The summed E-state index contributed by atoms with van der Waals surface area (Å²) >= 11 is 10.4. The highest BCUT2D eigenvalue weighted by atomic mass is 32.1. The number of ether oxygens (including phenoxy) is 3. The number of methoxy groups -OCH3 is 1. The minimum absolute atomic E-state index is 0.0692. The molecule has 0 unspecified atom stereocenters. The molecule has 0 spiro atoms. The summed E-state index contributed by atoms with van der Waals surface area (Å²) < 4.78 is 20.4. The molecule has 142 valence electrons. The average Bonchev–Trinajstić information content (AvgIpc) is 3.26. The second-order valence-electron chi connectivity index (χ2n) is 6.01. The van der Waals surface area contributed by atoms with Crippen LogP contribution in [-0.2, 0) is 9.47 Å². The molecular formula is C15H17N7O3S2. The van der Waals surface area contributed by atoms with Gasteiger partial charge in [0.15, 0.2) is 11.4 Å². The van der Waals surface area contributed by atoms with Crippen LogP contribution in [0.4, 0.5) is 0 Å². The molecule has 12 heteroatoms. The zero-order valence-electron chi connectivity index (χ0n) is 14.3. The van der Waals surface area contributed by atoms with Crippen LogP contribution in [0, 0.1) is 4.77 Å². The predicted molar refractivity (Wildman–Crippen MR) is 102 cm³/mol. The molecule has 2 saturated heterocycles. The Morgan fingerprint density at radius 3 is 3.07 bits per heavy atom. The highest BCUT2D eigenvalue weighted by Gasteiger charge is 2.44. The van der Waals surface area contributed by atoms with Crippen LogP contribution in [0.1, 0.15) is 12.5 Å². The predicted octanol–water partition coefficient (Wildman–Crippen LogP) is 0.682. The van der Waals surface area contributed by atoms with Gasteiger partial charge < -0.3 is 19.9 Å². The van der Waals surface area contributed by atoms with Gasteiger partial charge in [0.1, 0.15) is 11.9 Å². The van der Waals surface area contributed by atoms with Gasteiger partial charge in [-0.05, 0) is 47.0 Å². The summed E-state index contributed by atoms with van der Waals surface area (Å²) in [6.07, 6.45) is -0.188. The van der Waals surface area contributed by atoms with E-state index < -0.39 is 6.29 Å². The van der Waals surface area contributed by atoms with Crippen LogP contribution in [-0.4, -0.2) is 56.7 Å². The van der Waals surface area contributed by atoms with E-state index in [1.165, 1.54) is 0 Å². The third-order valence-electron chi connectivity index (χ3n) is 4.35. The van der Waals surface area contributed by atoms with Gasteiger partial charge in [-0.15, -0.1) is 0 Å². The maximum absolute atomic E-state index is 5.87. The Balaban J connectivity index is 1.65. The van der Waals surface area contributed by atoms with E-state index in [4.69, 9.17) is 44.4 Å². The molecule has 0 amide bonds. The van der Waals surface area contributed by atoms with Crippen LogP contribution >= 0.6 is 24.4 Å². The van der Waals surface area contributed by atoms with E-state index in [1.54, 1.807) is 16.5 Å². The number of benzene rings is 1. The number of aromatic nitrogens is 4. The van der Waals surface area contributed by atoms with Gasteiger partial charge >= 0.3 is 0 Å². The smallest absolute Gasteiger partial charge is 0.221 e. The minimum atomic E-state index is -0.518. The zero-order chi connectivity index (χ0) is 19.0. The molecule has 3 N–H and O–H groups in total. The summed E-state index contributed by atoms with van der Waals surface area (Å²) in [5.41, 5.74) is 9.41. The molecule has 4 rings (SSSR count). The van der Waals surface area contributed by atoms with E-state index in [-0.39, 0.29) is 17.3 Å². The molecule has 2 aromatic rings. The van der Waals surface area contributed by atoms with E-state index in [0.29, 0.717) is 29.3 Å². The van der Waals surface area contributed by atoms with Gasteiger partial charge in [-0.2, -0.15) is 9.78 Å². The third-order valence-corrected chi connectivity index (χ3v) is 4.81. The summed E-state index contributed by atoms with van der Waals surface area (Å²) in [7, 11) is 1.60. The molecule has 0 radical (unpaired) electrons. The quantitative estimate of drug-likeness (QED) is 0.558. The fourth-order valence-electron chi connectivity index (χ4n) is 3.08. The topological polar surface area (TPSA) is 114 Å². The van der Waals surface area contributed by atoms with Gasteiger partial charge in [0, 0.05) is 12.5 Å². The van der Waals surface area contributed by atoms with E-state index in [1.807, 2.05) is 24.3 Å². The molecule has 2 bridgehead atoms. The van der Waals surface area contributed by atoms with E-state index in [2.05, 4.69) is 21.0 Å². The molecule has 27 heavy (non-hydrogen) atoms.